The van der Waals surface area contributed by atoms with Crippen LogP contribution in [-0.4, -0.2) is 28.9 Å². The van der Waals surface area contributed by atoms with Gasteiger partial charge in [-0.3, -0.25) is 4.99 Å². The van der Waals surface area contributed by atoms with Crippen molar-refractivity contribution in [3.05, 3.63) is 42.2 Å². The quantitative estimate of drug-likeness (QED) is 0.836. The van der Waals surface area contributed by atoms with Gasteiger partial charge in [-0.2, -0.15) is 0 Å². The first-order chi connectivity index (χ1) is 8.42. The van der Waals surface area contributed by atoms with Crippen molar-refractivity contribution >= 4 is 16.9 Å². The van der Waals surface area contributed by atoms with Crippen molar-refractivity contribution in [3.8, 4) is 0 Å². The normalized spacial score (nSPS) is 15.4. The summed E-state index contributed by atoms with van der Waals surface area (Å²) in [5.74, 6) is 0.985. The van der Waals surface area contributed by atoms with Crippen molar-refractivity contribution in [3.63, 3.8) is 0 Å². The Balaban J connectivity index is 1.72. The van der Waals surface area contributed by atoms with Crippen LogP contribution in [0, 0.1) is 0 Å². The van der Waals surface area contributed by atoms with Crippen LogP contribution in [0.4, 0.5) is 0 Å². The van der Waals surface area contributed by atoms with Gasteiger partial charge in [-0.05, 0) is 24.3 Å². The van der Waals surface area contributed by atoms with E-state index in [1.807, 2.05) is 12.1 Å². The second-order valence-corrected chi connectivity index (χ2v) is 4.04. The SMILES string of the molecule is C(=CC1=NCCN1)Cc1cc2cccnc2[nH]1. The maximum Gasteiger partial charge on any atom is 0.137 e. The highest BCUT2D eigenvalue weighted by molar-refractivity contribution is 5.93. The molecule has 0 spiro atoms. The van der Waals surface area contributed by atoms with Crippen LogP contribution in [0.2, 0.25) is 0 Å². The molecule has 2 aromatic rings. The van der Waals surface area contributed by atoms with E-state index in [0.717, 1.165) is 36.4 Å². The molecule has 3 heterocycles. The third-order valence-corrected chi connectivity index (χ3v) is 2.76. The minimum absolute atomic E-state index is 0.872. The lowest BCUT2D eigenvalue weighted by molar-refractivity contribution is 0.961. The smallest absolute Gasteiger partial charge is 0.137 e. The molecule has 0 aromatic carbocycles. The zero-order valence-corrected chi connectivity index (χ0v) is 9.48. The van der Waals surface area contributed by atoms with Crippen molar-refractivity contribution in [2.24, 2.45) is 4.99 Å². The maximum absolute atomic E-state index is 4.31. The molecule has 0 unspecified atom stereocenters. The zero-order chi connectivity index (χ0) is 11.5. The fourth-order valence-corrected chi connectivity index (χ4v) is 1.95. The molecule has 17 heavy (non-hydrogen) atoms. The van der Waals surface area contributed by atoms with Crippen molar-refractivity contribution in [1.29, 1.82) is 0 Å². The van der Waals surface area contributed by atoms with E-state index in [2.05, 4.69) is 38.5 Å². The first-order valence-electron chi connectivity index (χ1n) is 5.79. The number of pyridine rings is 1. The van der Waals surface area contributed by atoms with Gasteiger partial charge in [0.05, 0.1) is 6.54 Å². The molecule has 3 rings (SSSR count). The minimum Gasteiger partial charge on any atom is -0.369 e. The Labute approximate surface area is 99.5 Å². The van der Waals surface area contributed by atoms with E-state index >= 15 is 0 Å². The van der Waals surface area contributed by atoms with Gasteiger partial charge < -0.3 is 10.3 Å². The number of nitrogens with one attached hydrogen (secondary N) is 2. The Morgan fingerprint density at radius 1 is 1.41 bits per heavy atom. The summed E-state index contributed by atoms with van der Waals surface area (Å²) < 4.78 is 0. The fraction of sp³-hybridized carbons (Fsp3) is 0.231. The van der Waals surface area contributed by atoms with Crippen LogP contribution in [0.3, 0.4) is 0 Å². The van der Waals surface area contributed by atoms with Gasteiger partial charge >= 0.3 is 0 Å². The Hall–Kier alpha value is -2.10. The van der Waals surface area contributed by atoms with E-state index in [-0.39, 0.29) is 0 Å². The molecule has 4 heteroatoms. The van der Waals surface area contributed by atoms with Crippen LogP contribution >= 0.6 is 0 Å². The van der Waals surface area contributed by atoms with Gasteiger partial charge in [0.2, 0.25) is 0 Å². The van der Waals surface area contributed by atoms with Crippen LogP contribution in [0.5, 0.6) is 0 Å². The molecular weight excluding hydrogens is 212 g/mol. The molecule has 1 aliphatic heterocycles. The Morgan fingerprint density at radius 3 is 3.24 bits per heavy atom. The number of allylic oxidation sites excluding steroid dienone is 1. The number of aliphatic imine (C=N–C) groups is 1. The van der Waals surface area contributed by atoms with Crippen LogP contribution < -0.4 is 5.32 Å². The summed E-state index contributed by atoms with van der Waals surface area (Å²) in [7, 11) is 0. The van der Waals surface area contributed by atoms with Crippen LogP contribution in [-0.2, 0) is 6.42 Å². The summed E-state index contributed by atoms with van der Waals surface area (Å²) in [6.45, 7) is 1.84. The first kappa shape index (κ1) is 10.1. The molecule has 0 amide bonds. The summed E-state index contributed by atoms with van der Waals surface area (Å²) in [6.07, 6.45) is 6.82. The molecule has 2 aromatic heterocycles. The van der Waals surface area contributed by atoms with Gasteiger partial charge in [0.15, 0.2) is 0 Å². The fourth-order valence-electron chi connectivity index (χ4n) is 1.95. The van der Waals surface area contributed by atoms with Gasteiger partial charge in [-0.15, -0.1) is 0 Å². The lowest BCUT2D eigenvalue weighted by Gasteiger charge is -1.93. The van der Waals surface area contributed by atoms with Crippen LogP contribution in [0.15, 0.2) is 41.5 Å². The third kappa shape index (κ3) is 2.20. The molecule has 0 saturated carbocycles. The van der Waals surface area contributed by atoms with Crippen LogP contribution in [0.25, 0.3) is 11.0 Å². The number of fused-ring (bicyclic) bond motifs is 1. The number of amidine groups is 1. The molecule has 2 N–H and O–H groups in total. The minimum atomic E-state index is 0.872. The average Bonchev–Trinajstić information content (AvgIpc) is 2.96. The van der Waals surface area contributed by atoms with E-state index in [9.17, 15) is 0 Å². The highest BCUT2D eigenvalue weighted by atomic mass is 15.1. The number of hydrogen-bond acceptors (Lipinski definition) is 3. The molecule has 86 valence electrons. The topological polar surface area (TPSA) is 53.1 Å². The second-order valence-electron chi connectivity index (χ2n) is 4.04. The lowest BCUT2D eigenvalue weighted by atomic mass is 10.2. The number of nitrogens with zero attached hydrogens (tertiary/aromatic N) is 2. The van der Waals surface area contributed by atoms with E-state index in [1.54, 1.807) is 6.20 Å². The number of rotatable bonds is 3. The van der Waals surface area contributed by atoms with E-state index in [0.29, 0.717) is 0 Å². The lowest BCUT2D eigenvalue weighted by Crippen LogP contribution is -2.15. The zero-order valence-electron chi connectivity index (χ0n) is 9.48. The summed E-state index contributed by atoms with van der Waals surface area (Å²) >= 11 is 0. The number of hydrogen-bond donors (Lipinski definition) is 2. The van der Waals surface area contributed by atoms with Crippen molar-refractivity contribution in [2.75, 3.05) is 13.1 Å². The molecule has 0 aliphatic carbocycles. The molecule has 1 aliphatic rings. The Kier molecular flexibility index (Phi) is 2.62. The summed E-state index contributed by atoms with van der Waals surface area (Å²) in [6, 6.07) is 6.15. The van der Waals surface area contributed by atoms with Crippen molar-refractivity contribution in [2.45, 2.75) is 6.42 Å². The van der Waals surface area contributed by atoms with Gasteiger partial charge in [0.25, 0.3) is 0 Å². The third-order valence-electron chi connectivity index (χ3n) is 2.76. The second kappa shape index (κ2) is 4.41. The van der Waals surface area contributed by atoms with Crippen molar-refractivity contribution < 1.29 is 0 Å². The highest BCUT2D eigenvalue weighted by Gasteiger charge is 2.01. The van der Waals surface area contributed by atoms with Gasteiger partial charge in [0.1, 0.15) is 11.5 Å². The standard InChI is InChI=1S/C13H14N4/c1(5-12-14-7-8-15-12)4-11-9-10-3-2-6-16-13(10)17-11/h1-3,5-6,9H,4,7-8H2,(H,14,15)(H,16,17). The van der Waals surface area contributed by atoms with Gasteiger partial charge in [0, 0.05) is 30.2 Å². The number of aromatic nitrogens is 2. The van der Waals surface area contributed by atoms with E-state index < -0.39 is 0 Å². The predicted octanol–water partition coefficient (Wildman–Crippen LogP) is 1.66. The highest BCUT2D eigenvalue weighted by Crippen LogP contribution is 2.12. The summed E-state index contributed by atoms with van der Waals surface area (Å²) in [5.41, 5.74) is 2.13. The Bertz CT molecular complexity index is 547. The first-order valence-corrected chi connectivity index (χ1v) is 5.79. The number of H-pyrrole nitrogens is 1. The summed E-state index contributed by atoms with van der Waals surface area (Å²) in [5, 5.41) is 4.37. The largest absolute Gasteiger partial charge is 0.369 e. The average molecular weight is 226 g/mol. The van der Waals surface area contributed by atoms with Crippen molar-refractivity contribution in [1.82, 2.24) is 15.3 Å². The van der Waals surface area contributed by atoms with E-state index in [1.165, 1.54) is 5.69 Å². The maximum atomic E-state index is 4.31. The predicted molar refractivity (Wildman–Crippen MR) is 69.2 cm³/mol. The van der Waals surface area contributed by atoms with Crippen LogP contribution in [0.1, 0.15) is 5.69 Å². The van der Waals surface area contributed by atoms with E-state index in [4.69, 9.17) is 0 Å². The molecule has 0 radical (unpaired) electrons. The molecule has 0 saturated heterocycles. The van der Waals surface area contributed by atoms with Gasteiger partial charge in [-0.25, -0.2) is 4.98 Å². The molecular formula is C13H14N4. The Morgan fingerprint density at radius 2 is 2.41 bits per heavy atom. The monoisotopic (exact) mass is 226 g/mol. The molecule has 0 atom stereocenters. The van der Waals surface area contributed by atoms with Gasteiger partial charge in [-0.1, -0.05) is 6.08 Å². The summed E-state index contributed by atoms with van der Waals surface area (Å²) in [4.78, 5) is 11.9. The molecule has 0 fully saturated rings. The number of aromatic amines is 1. The molecule has 4 nitrogen and oxygen atoms in total. The molecule has 0 bridgehead atoms.